The van der Waals surface area contributed by atoms with Crippen molar-refractivity contribution in [1.82, 2.24) is 0 Å². The van der Waals surface area contributed by atoms with Gasteiger partial charge in [-0.25, -0.2) is 0 Å². The normalized spacial score (nSPS) is 14.3. The molecule has 0 unspecified atom stereocenters. The maximum Gasteiger partial charge on any atom is -0.00231 e. The first kappa shape index (κ1) is 24.6. The molecule has 0 fully saturated rings. The second-order valence-electron chi connectivity index (χ2n) is 11.2. The summed E-state index contributed by atoms with van der Waals surface area (Å²) < 4.78 is 0. The number of aryl methyl sites for hydroxylation is 1. The molecule has 0 amide bonds. The van der Waals surface area contributed by atoms with E-state index in [9.17, 15) is 0 Å². The first-order valence-electron chi connectivity index (χ1n) is 14.6. The standard InChI is InChI=1S/C40H34/c1-28-26-34(25-24-33(28)27-29-20-22-31(23-21-29)30-12-4-2-5-13-30)40-37-18-10-8-16-35(37)39(32-14-6-3-7-15-32)36-17-9-11-19-38(36)40/h2-4,6-8,10-12,14-16,18-26H,5,9,13,17,27H2,1H3. The van der Waals surface area contributed by atoms with Crippen molar-refractivity contribution in [3.63, 3.8) is 0 Å². The molecule has 0 aliphatic heterocycles. The Morgan fingerprint density at radius 2 is 1.35 bits per heavy atom. The van der Waals surface area contributed by atoms with E-state index in [2.05, 4.69) is 134 Å². The lowest BCUT2D eigenvalue weighted by Gasteiger charge is -2.24. The summed E-state index contributed by atoms with van der Waals surface area (Å²) in [6.45, 7) is 2.27. The van der Waals surface area contributed by atoms with Crippen molar-refractivity contribution in [2.75, 3.05) is 0 Å². The van der Waals surface area contributed by atoms with E-state index >= 15 is 0 Å². The quantitative estimate of drug-likeness (QED) is 0.219. The van der Waals surface area contributed by atoms with Gasteiger partial charge in [0.2, 0.25) is 0 Å². The highest BCUT2D eigenvalue weighted by Gasteiger charge is 2.21. The molecule has 0 radical (unpaired) electrons. The van der Waals surface area contributed by atoms with Gasteiger partial charge in [0.1, 0.15) is 0 Å². The van der Waals surface area contributed by atoms with E-state index in [0.29, 0.717) is 0 Å². The smallest absolute Gasteiger partial charge is 0.00231 e. The zero-order valence-corrected chi connectivity index (χ0v) is 23.2. The zero-order valence-electron chi connectivity index (χ0n) is 23.2. The van der Waals surface area contributed by atoms with Crippen LogP contribution in [0.5, 0.6) is 0 Å². The third-order valence-electron chi connectivity index (χ3n) is 8.63. The van der Waals surface area contributed by atoms with Crippen LogP contribution < -0.4 is 0 Å². The Morgan fingerprint density at radius 1 is 0.625 bits per heavy atom. The van der Waals surface area contributed by atoms with Gasteiger partial charge in [0.15, 0.2) is 0 Å². The van der Waals surface area contributed by atoms with Crippen molar-refractivity contribution < 1.29 is 0 Å². The summed E-state index contributed by atoms with van der Waals surface area (Å²) in [5.74, 6) is 0. The fourth-order valence-corrected chi connectivity index (χ4v) is 6.58. The molecule has 0 N–H and O–H groups in total. The first-order valence-corrected chi connectivity index (χ1v) is 14.6. The SMILES string of the molecule is Cc1cc(-c2c3c(c(-c4ccccc4)c4ccccc24)CCC=C3)ccc1Cc1ccc(C2=CC=CCC2)cc1. The summed E-state index contributed by atoms with van der Waals surface area (Å²) in [7, 11) is 0. The monoisotopic (exact) mass is 514 g/mol. The highest BCUT2D eigenvalue weighted by Crippen LogP contribution is 2.44. The van der Waals surface area contributed by atoms with Crippen molar-refractivity contribution in [1.29, 1.82) is 0 Å². The van der Waals surface area contributed by atoms with E-state index in [-0.39, 0.29) is 0 Å². The largest absolute Gasteiger partial charge is 0.0842 e. The van der Waals surface area contributed by atoms with Crippen molar-refractivity contribution >= 4 is 22.4 Å². The number of fused-ring (bicyclic) bond motifs is 2. The Hall–Kier alpha value is -4.42. The molecule has 0 atom stereocenters. The maximum absolute atomic E-state index is 2.41. The molecule has 194 valence electrons. The van der Waals surface area contributed by atoms with Gasteiger partial charge in [0.25, 0.3) is 0 Å². The average Bonchev–Trinajstić information content (AvgIpc) is 3.02. The molecule has 0 spiro atoms. The molecule has 40 heavy (non-hydrogen) atoms. The van der Waals surface area contributed by atoms with E-state index < -0.39 is 0 Å². The lowest BCUT2D eigenvalue weighted by atomic mass is 9.80. The highest BCUT2D eigenvalue weighted by molar-refractivity contribution is 6.10. The predicted molar refractivity (Wildman–Crippen MR) is 173 cm³/mol. The molecule has 0 bridgehead atoms. The molecule has 0 aromatic heterocycles. The molecule has 5 aromatic rings. The van der Waals surface area contributed by atoms with Gasteiger partial charge >= 0.3 is 0 Å². The van der Waals surface area contributed by atoms with Gasteiger partial charge < -0.3 is 0 Å². The van der Waals surface area contributed by atoms with Crippen LogP contribution in [0.3, 0.4) is 0 Å². The Bertz CT molecular complexity index is 1790. The van der Waals surface area contributed by atoms with Crippen LogP contribution in [-0.4, -0.2) is 0 Å². The minimum atomic E-state index is 0.955. The second-order valence-corrected chi connectivity index (χ2v) is 11.2. The minimum Gasteiger partial charge on any atom is -0.0842 e. The maximum atomic E-state index is 2.41. The number of benzene rings is 5. The predicted octanol–water partition coefficient (Wildman–Crippen LogP) is 10.8. The van der Waals surface area contributed by atoms with Crippen LogP contribution in [0.2, 0.25) is 0 Å². The minimum absolute atomic E-state index is 0.955. The van der Waals surface area contributed by atoms with Gasteiger partial charge in [-0.15, -0.1) is 0 Å². The van der Waals surface area contributed by atoms with Crippen LogP contribution >= 0.6 is 0 Å². The van der Waals surface area contributed by atoms with Crippen LogP contribution in [0, 0.1) is 6.92 Å². The molecule has 7 rings (SSSR count). The van der Waals surface area contributed by atoms with Gasteiger partial charge in [0.05, 0.1) is 0 Å². The van der Waals surface area contributed by atoms with E-state index in [1.54, 1.807) is 0 Å². The second kappa shape index (κ2) is 10.6. The lowest BCUT2D eigenvalue weighted by molar-refractivity contribution is 0.991. The van der Waals surface area contributed by atoms with E-state index in [4.69, 9.17) is 0 Å². The molecule has 2 aliphatic rings. The Kier molecular flexibility index (Phi) is 6.54. The number of allylic oxidation sites excluding steroid dienone is 5. The summed E-state index contributed by atoms with van der Waals surface area (Å²) >= 11 is 0. The fraction of sp³-hybridized carbons (Fsp3) is 0.150. The van der Waals surface area contributed by atoms with E-state index in [0.717, 1.165) is 32.1 Å². The number of hydrogen-bond acceptors (Lipinski definition) is 0. The molecular formula is C40H34. The van der Waals surface area contributed by atoms with Crippen molar-refractivity contribution in [3.05, 3.63) is 155 Å². The molecule has 2 aliphatic carbocycles. The summed E-state index contributed by atoms with van der Waals surface area (Å²) in [5, 5.41) is 2.68. The van der Waals surface area contributed by atoms with E-state index in [1.807, 2.05) is 0 Å². The molecule has 0 heteroatoms. The Morgan fingerprint density at radius 3 is 2.10 bits per heavy atom. The van der Waals surface area contributed by atoms with Crippen LogP contribution in [-0.2, 0) is 12.8 Å². The van der Waals surface area contributed by atoms with Gasteiger partial charge in [0, 0.05) is 0 Å². The summed E-state index contributed by atoms with van der Waals surface area (Å²) in [4.78, 5) is 0. The molecule has 0 saturated heterocycles. The van der Waals surface area contributed by atoms with Crippen molar-refractivity contribution in [2.45, 2.75) is 39.0 Å². The van der Waals surface area contributed by atoms with Crippen LogP contribution in [0.1, 0.15) is 52.6 Å². The Labute approximate surface area is 238 Å². The summed E-state index contributed by atoms with van der Waals surface area (Å²) in [5.41, 5.74) is 15.2. The van der Waals surface area contributed by atoms with Gasteiger partial charge in [-0.05, 0) is 111 Å². The number of rotatable bonds is 5. The lowest BCUT2D eigenvalue weighted by Crippen LogP contribution is -2.03. The van der Waals surface area contributed by atoms with Crippen molar-refractivity contribution in [3.8, 4) is 22.3 Å². The van der Waals surface area contributed by atoms with Gasteiger partial charge in [-0.1, -0.05) is 127 Å². The fourth-order valence-electron chi connectivity index (χ4n) is 6.58. The van der Waals surface area contributed by atoms with Gasteiger partial charge in [-0.2, -0.15) is 0 Å². The Balaban J connectivity index is 1.28. The molecule has 5 aromatic carbocycles. The summed E-state index contributed by atoms with van der Waals surface area (Å²) in [6.07, 6.45) is 16.8. The molecule has 0 nitrogen and oxygen atoms in total. The molecule has 0 saturated carbocycles. The zero-order chi connectivity index (χ0) is 26.9. The first-order chi connectivity index (χ1) is 19.8. The third kappa shape index (κ3) is 4.54. The van der Waals surface area contributed by atoms with Crippen LogP contribution in [0.15, 0.2) is 121 Å². The summed E-state index contributed by atoms with van der Waals surface area (Å²) in [6, 6.07) is 36.2. The molecule has 0 heterocycles. The number of hydrogen-bond donors (Lipinski definition) is 0. The third-order valence-corrected chi connectivity index (χ3v) is 8.63. The van der Waals surface area contributed by atoms with Crippen LogP contribution in [0.4, 0.5) is 0 Å². The van der Waals surface area contributed by atoms with Crippen molar-refractivity contribution in [2.24, 2.45) is 0 Å². The molecular weight excluding hydrogens is 480 g/mol. The van der Waals surface area contributed by atoms with E-state index in [1.165, 1.54) is 72.0 Å². The van der Waals surface area contributed by atoms with Crippen LogP contribution in [0.25, 0.3) is 44.7 Å². The highest BCUT2D eigenvalue weighted by atomic mass is 14.2. The average molecular weight is 515 g/mol. The topological polar surface area (TPSA) is 0 Å². The van der Waals surface area contributed by atoms with Gasteiger partial charge in [-0.3, -0.25) is 0 Å².